The summed E-state index contributed by atoms with van der Waals surface area (Å²) in [6.07, 6.45) is 0.396. The highest BCUT2D eigenvalue weighted by Crippen LogP contribution is 2.40. The predicted octanol–water partition coefficient (Wildman–Crippen LogP) is -0.476. The molecule has 15 heavy (non-hydrogen) atoms. The number of carboxylic acid groups (broad SMARTS) is 1. The quantitative estimate of drug-likeness (QED) is 0.436. The van der Waals surface area contributed by atoms with Crippen molar-refractivity contribution in [2.75, 3.05) is 13.2 Å². The molecule has 88 valence electrons. The zero-order chi connectivity index (χ0) is 11.7. The lowest BCUT2D eigenvalue weighted by molar-refractivity contribution is -0.250. The molecular weight excluding hydrogens is 200 g/mol. The lowest BCUT2D eigenvalue weighted by atomic mass is 9.87. The van der Waals surface area contributed by atoms with Crippen LogP contribution in [0.25, 0.3) is 0 Å². The maximum absolute atomic E-state index is 11.3. The molecule has 1 heterocycles. The monoisotopic (exact) mass is 218 g/mol. The van der Waals surface area contributed by atoms with E-state index in [1.54, 1.807) is 13.8 Å². The molecule has 1 rings (SSSR count). The smallest absolute Gasteiger partial charge is 0.331 e. The number of carboxylic acids is 1. The van der Waals surface area contributed by atoms with Gasteiger partial charge in [0.1, 0.15) is 0 Å². The topological polar surface area (TPSA) is 96.0 Å². The maximum Gasteiger partial charge on any atom is 0.331 e. The summed E-state index contributed by atoms with van der Waals surface area (Å²) >= 11 is 0. The van der Waals surface area contributed by atoms with Crippen molar-refractivity contribution >= 4 is 5.97 Å². The number of nitrogens with zero attached hydrogens (tertiary/aromatic N) is 1. The summed E-state index contributed by atoms with van der Waals surface area (Å²) in [5.41, 5.74) is -1.54. The molecule has 0 aliphatic carbocycles. The first-order chi connectivity index (χ1) is 6.94. The average molecular weight is 218 g/mol. The second-order valence-electron chi connectivity index (χ2n) is 3.68. The molecule has 0 radical (unpaired) electrons. The molecule has 2 atom stereocenters. The minimum absolute atomic E-state index is 0.190. The molecule has 0 spiro atoms. The van der Waals surface area contributed by atoms with E-state index in [0.717, 1.165) is 5.01 Å². The Balaban J connectivity index is 3.12. The van der Waals surface area contributed by atoms with Crippen molar-refractivity contribution < 1.29 is 19.7 Å². The number of nitrogens with two attached hydrogens (primary N) is 1. The Morgan fingerprint density at radius 3 is 2.60 bits per heavy atom. The normalized spacial score (nSPS) is 37.1. The van der Waals surface area contributed by atoms with Gasteiger partial charge in [-0.1, -0.05) is 6.92 Å². The van der Waals surface area contributed by atoms with Crippen molar-refractivity contribution in [1.82, 2.24) is 5.01 Å². The molecule has 0 bridgehead atoms. The molecule has 0 aromatic carbocycles. The minimum Gasteiger partial charge on any atom is -0.480 e. The van der Waals surface area contributed by atoms with E-state index in [9.17, 15) is 15.0 Å². The molecule has 0 aromatic heterocycles. The Labute approximate surface area is 88.6 Å². The number of hydrazine groups is 1. The number of aliphatic carboxylic acids is 1. The standard InChI is InChI=1S/C9H18N2O4/c1-3-8(7(12)13)9(14,15-4-2)5-6-11(8)10/h14H,3-6,10H2,1-2H3,(H,12,13)/t8-,9?/m1/s1. The number of rotatable bonds is 4. The van der Waals surface area contributed by atoms with Crippen LogP contribution in [0.4, 0.5) is 0 Å². The van der Waals surface area contributed by atoms with Crippen molar-refractivity contribution in [2.45, 2.75) is 38.0 Å². The van der Waals surface area contributed by atoms with Crippen LogP contribution in [0.1, 0.15) is 26.7 Å². The summed E-state index contributed by atoms with van der Waals surface area (Å²) in [6, 6.07) is 0. The van der Waals surface area contributed by atoms with E-state index in [1.165, 1.54) is 0 Å². The molecule has 0 amide bonds. The predicted molar refractivity (Wildman–Crippen MR) is 52.7 cm³/mol. The zero-order valence-electron chi connectivity index (χ0n) is 9.06. The van der Waals surface area contributed by atoms with Crippen LogP contribution in [-0.2, 0) is 9.53 Å². The second kappa shape index (κ2) is 4.05. The second-order valence-corrected chi connectivity index (χ2v) is 3.68. The van der Waals surface area contributed by atoms with Gasteiger partial charge < -0.3 is 14.9 Å². The molecule has 1 fully saturated rings. The fraction of sp³-hybridized carbons (Fsp3) is 0.889. The number of ether oxygens (including phenoxy) is 1. The van der Waals surface area contributed by atoms with Gasteiger partial charge in [0, 0.05) is 19.6 Å². The first kappa shape index (κ1) is 12.4. The van der Waals surface area contributed by atoms with E-state index in [-0.39, 0.29) is 19.4 Å². The van der Waals surface area contributed by atoms with Crippen LogP contribution < -0.4 is 5.84 Å². The third kappa shape index (κ3) is 1.53. The van der Waals surface area contributed by atoms with Crippen LogP contribution in [0.2, 0.25) is 0 Å². The summed E-state index contributed by atoms with van der Waals surface area (Å²) in [4.78, 5) is 11.3. The van der Waals surface area contributed by atoms with Crippen LogP contribution >= 0.6 is 0 Å². The van der Waals surface area contributed by atoms with Crippen LogP contribution in [0, 0.1) is 0 Å². The highest BCUT2D eigenvalue weighted by molar-refractivity contribution is 5.80. The van der Waals surface area contributed by atoms with Crippen molar-refractivity contribution in [2.24, 2.45) is 5.84 Å². The highest BCUT2D eigenvalue weighted by atomic mass is 16.6. The van der Waals surface area contributed by atoms with Crippen molar-refractivity contribution in [3.8, 4) is 0 Å². The van der Waals surface area contributed by atoms with Gasteiger partial charge in [-0.3, -0.25) is 5.84 Å². The molecule has 0 saturated carbocycles. The first-order valence-electron chi connectivity index (χ1n) is 5.06. The first-order valence-corrected chi connectivity index (χ1v) is 5.06. The van der Waals surface area contributed by atoms with Gasteiger partial charge in [0.2, 0.25) is 0 Å². The van der Waals surface area contributed by atoms with Gasteiger partial charge in [0.05, 0.1) is 0 Å². The molecule has 4 N–H and O–H groups in total. The van der Waals surface area contributed by atoms with Crippen LogP contribution in [0.3, 0.4) is 0 Å². The lowest BCUT2D eigenvalue weighted by Crippen LogP contribution is -2.65. The third-order valence-electron chi connectivity index (χ3n) is 3.08. The Morgan fingerprint density at radius 2 is 2.20 bits per heavy atom. The van der Waals surface area contributed by atoms with Gasteiger partial charge >= 0.3 is 5.97 Å². The summed E-state index contributed by atoms with van der Waals surface area (Å²) < 4.78 is 5.18. The Morgan fingerprint density at radius 1 is 1.60 bits per heavy atom. The van der Waals surface area contributed by atoms with Crippen molar-refractivity contribution in [3.63, 3.8) is 0 Å². The van der Waals surface area contributed by atoms with E-state index in [1.807, 2.05) is 0 Å². The van der Waals surface area contributed by atoms with E-state index >= 15 is 0 Å². The molecule has 1 aliphatic rings. The van der Waals surface area contributed by atoms with Crippen molar-refractivity contribution in [1.29, 1.82) is 0 Å². The van der Waals surface area contributed by atoms with Crippen LogP contribution in [0.5, 0.6) is 0 Å². The van der Waals surface area contributed by atoms with E-state index in [0.29, 0.717) is 6.54 Å². The largest absolute Gasteiger partial charge is 0.480 e. The summed E-state index contributed by atoms with van der Waals surface area (Å²) in [5.74, 6) is 2.79. The molecule has 6 nitrogen and oxygen atoms in total. The molecule has 1 saturated heterocycles. The molecule has 0 aromatic rings. The third-order valence-corrected chi connectivity index (χ3v) is 3.08. The number of hydrogen-bond acceptors (Lipinski definition) is 5. The molecule has 6 heteroatoms. The summed E-state index contributed by atoms with van der Waals surface area (Å²) in [6.45, 7) is 3.93. The number of hydrogen-bond donors (Lipinski definition) is 3. The Hall–Kier alpha value is -0.690. The van der Waals surface area contributed by atoms with Gasteiger partial charge in [0.15, 0.2) is 11.3 Å². The molecular formula is C9H18N2O4. The molecule has 1 aliphatic heterocycles. The lowest BCUT2D eigenvalue weighted by Gasteiger charge is -2.40. The van der Waals surface area contributed by atoms with Gasteiger partial charge in [-0.05, 0) is 13.3 Å². The minimum atomic E-state index is -1.70. The fourth-order valence-electron chi connectivity index (χ4n) is 2.24. The number of aliphatic hydroxyl groups is 1. The van der Waals surface area contributed by atoms with Gasteiger partial charge in [-0.2, -0.15) is 0 Å². The van der Waals surface area contributed by atoms with Gasteiger partial charge in [0.25, 0.3) is 0 Å². The summed E-state index contributed by atoms with van der Waals surface area (Å²) in [5, 5.41) is 20.6. The fourth-order valence-corrected chi connectivity index (χ4v) is 2.24. The van der Waals surface area contributed by atoms with Gasteiger partial charge in [-0.25, -0.2) is 9.80 Å². The summed E-state index contributed by atoms with van der Waals surface area (Å²) in [7, 11) is 0. The zero-order valence-corrected chi connectivity index (χ0v) is 9.06. The van der Waals surface area contributed by atoms with E-state index < -0.39 is 17.3 Å². The van der Waals surface area contributed by atoms with Crippen LogP contribution in [0.15, 0.2) is 0 Å². The van der Waals surface area contributed by atoms with E-state index in [4.69, 9.17) is 10.6 Å². The van der Waals surface area contributed by atoms with Gasteiger partial charge in [-0.15, -0.1) is 0 Å². The highest BCUT2D eigenvalue weighted by Gasteiger charge is 2.63. The Bertz CT molecular complexity index is 256. The number of carbonyl (C=O) groups is 1. The van der Waals surface area contributed by atoms with Crippen LogP contribution in [-0.4, -0.2) is 45.7 Å². The molecule has 1 unspecified atom stereocenters. The maximum atomic E-state index is 11.3. The Kier molecular flexibility index (Phi) is 3.34. The van der Waals surface area contributed by atoms with E-state index in [2.05, 4.69) is 0 Å². The SMILES string of the molecule is CCOC1(O)CCN(N)[C@]1(CC)C(=O)O. The van der Waals surface area contributed by atoms with Crippen molar-refractivity contribution in [3.05, 3.63) is 0 Å². The average Bonchev–Trinajstić information content (AvgIpc) is 2.40.